The van der Waals surface area contributed by atoms with Gasteiger partial charge in [-0.05, 0) is 107 Å². The molecule has 0 amide bonds. The molecule has 0 heterocycles. The Morgan fingerprint density at radius 2 is 0.860 bits per heavy atom. The predicted octanol–water partition coefficient (Wildman–Crippen LogP) is 13.5. The van der Waals surface area contributed by atoms with Crippen LogP contribution in [0.15, 0.2) is 182 Å². The lowest BCUT2D eigenvalue weighted by Crippen LogP contribution is -2.23. The molecular formula is C48H42N2. The number of benzene rings is 7. The number of para-hydroxylation sites is 3. The summed E-state index contributed by atoms with van der Waals surface area (Å²) < 4.78 is 0. The summed E-state index contributed by atoms with van der Waals surface area (Å²) in [7, 11) is 0. The first-order chi connectivity index (χ1) is 24.6. The molecule has 0 fully saturated rings. The van der Waals surface area contributed by atoms with Crippen molar-refractivity contribution >= 4 is 34.1 Å². The summed E-state index contributed by atoms with van der Waals surface area (Å²) in [5.74, 6) is 0.240. The highest BCUT2D eigenvalue weighted by Gasteiger charge is 2.40. The highest BCUT2D eigenvalue weighted by molar-refractivity contribution is 5.90. The Labute approximate surface area is 296 Å². The van der Waals surface area contributed by atoms with Crippen LogP contribution >= 0.6 is 0 Å². The molecule has 0 saturated heterocycles. The van der Waals surface area contributed by atoms with E-state index in [4.69, 9.17) is 0 Å². The zero-order chi connectivity index (χ0) is 34.1. The summed E-state index contributed by atoms with van der Waals surface area (Å²) >= 11 is 0. The van der Waals surface area contributed by atoms with Crippen LogP contribution < -0.4 is 9.80 Å². The van der Waals surface area contributed by atoms with Crippen molar-refractivity contribution in [2.75, 3.05) is 9.80 Å². The molecule has 2 heteroatoms. The van der Waals surface area contributed by atoms with E-state index in [-0.39, 0.29) is 11.3 Å². The smallest absolute Gasteiger partial charge is 0.0508 e. The van der Waals surface area contributed by atoms with E-state index >= 15 is 0 Å². The van der Waals surface area contributed by atoms with E-state index in [0.717, 1.165) is 34.9 Å². The van der Waals surface area contributed by atoms with Crippen molar-refractivity contribution in [3.8, 4) is 11.1 Å². The maximum atomic E-state index is 2.45. The highest BCUT2D eigenvalue weighted by Crippen LogP contribution is 2.55. The molecule has 2 unspecified atom stereocenters. The predicted molar refractivity (Wildman–Crippen MR) is 212 cm³/mol. The Morgan fingerprint density at radius 1 is 0.440 bits per heavy atom. The Morgan fingerprint density at radius 3 is 1.38 bits per heavy atom. The Kier molecular flexibility index (Phi) is 8.30. The Balaban J connectivity index is 1.13. The van der Waals surface area contributed by atoms with E-state index in [1.165, 1.54) is 39.1 Å². The van der Waals surface area contributed by atoms with Gasteiger partial charge in [-0.3, -0.25) is 0 Å². The molecule has 50 heavy (non-hydrogen) atoms. The van der Waals surface area contributed by atoms with Crippen LogP contribution in [0.1, 0.15) is 55.4 Å². The minimum atomic E-state index is -0.0766. The quantitative estimate of drug-likeness (QED) is 0.154. The fraction of sp³-hybridized carbons (Fsp3) is 0.125. The second kappa shape index (κ2) is 13.2. The molecule has 7 aromatic rings. The minimum absolute atomic E-state index is 0.0766. The molecule has 0 radical (unpaired) electrons. The van der Waals surface area contributed by atoms with E-state index < -0.39 is 0 Å². The lowest BCUT2D eigenvalue weighted by atomic mass is 9.77. The SMILES string of the molecule is CCC1(C)c2ccccc2-c2cccc(N(c3ccccc3)c3ccc(C(C)c4ccc(N(c5ccccc5)c5ccccc5)cc4)cc3)c21. The van der Waals surface area contributed by atoms with Crippen molar-refractivity contribution in [2.45, 2.75) is 38.5 Å². The van der Waals surface area contributed by atoms with E-state index in [1.807, 2.05) is 0 Å². The summed E-state index contributed by atoms with van der Waals surface area (Å²) in [5.41, 5.74) is 15.0. The largest absolute Gasteiger partial charge is 0.311 e. The third kappa shape index (κ3) is 5.47. The average molecular weight is 647 g/mol. The fourth-order valence-corrected chi connectivity index (χ4v) is 7.85. The molecule has 0 bridgehead atoms. The first kappa shape index (κ1) is 31.4. The number of hydrogen-bond donors (Lipinski definition) is 0. The van der Waals surface area contributed by atoms with Crippen molar-refractivity contribution in [2.24, 2.45) is 0 Å². The van der Waals surface area contributed by atoms with Gasteiger partial charge >= 0.3 is 0 Å². The van der Waals surface area contributed by atoms with Gasteiger partial charge in [0.1, 0.15) is 0 Å². The average Bonchev–Trinajstić information content (AvgIpc) is 3.45. The lowest BCUT2D eigenvalue weighted by molar-refractivity contribution is 0.565. The molecule has 2 nitrogen and oxygen atoms in total. The molecule has 0 N–H and O–H groups in total. The van der Waals surface area contributed by atoms with E-state index in [1.54, 1.807) is 0 Å². The van der Waals surface area contributed by atoms with Crippen molar-refractivity contribution < 1.29 is 0 Å². The molecule has 2 atom stereocenters. The van der Waals surface area contributed by atoms with Gasteiger partial charge in [0.2, 0.25) is 0 Å². The Hall–Kier alpha value is -5.86. The van der Waals surface area contributed by atoms with Gasteiger partial charge < -0.3 is 9.80 Å². The minimum Gasteiger partial charge on any atom is -0.311 e. The molecule has 0 saturated carbocycles. The number of hydrogen-bond acceptors (Lipinski definition) is 2. The zero-order valence-electron chi connectivity index (χ0n) is 29.0. The van der Waals surface area contributed by atoms with Crippen LogP contribution in [0.25, 0.3) is 11.1 Å². The van der Waals surface area contributed by atoms with Gasteiger partial charge in [0.05, 0.1) is 5.69 Å². The van der Waals surface area contributed by atoms with Gasteiger partial charge in [-0.1, -0.05) is 136 Å². The van der Waals surface area contributed by atoms with Gasteiger partial charge in [0.15, 0.2) is 0 Å². The molecule has 1 aliphatic rings. The molecule has 0 aromatic heterocycles. The van der Waals surface area contributed by atoms with Gasteiger partial charge in [-0.15, -0.1) is 0 Å². The van der Waals surface area contributed by atoms with Crippen LogP contribution in [0.2, 0.25) is 0 Å². The van der Waals surface area contributed by atoms with Crippen molar-refractivity contribution in [3.63, 3.8) is 0 Å². The topological polar surface area (TPSA) is 6.48 Å². The van der Waals surface area contributed by atoms with Crippen LogP contribution in [0.3, 0.4) is 0 Å². The summed E-state index contributed by atoms with van der Waals surface area (Å²) in [6.07, 6.45) is 1.03. The number of fused-ring (bicyclic) bond motifs is 3. The third-order valence-electron chi connectivity index (χ3n) is 10.7. The monoisotopic (exact) mass is 646 g/mol. The van der Waals surface area contributed by atoms with E-state index in [2.05, 4.69) is 213 Å². The standard InChI is InChI=1S/C48H42N2/c1-4-48(3)45-25-15-14-23-43(45)44-24-16-26-46(47(44)48)50(40-21-12-7-13-22-40)42-33-29-37(30-34-42)35(2)36-27-31-41(32-28-36)49(38-17-8-5-9-18-38)39-19-10-6-11-20-39/h5-35H,4H2,1-3H3. The zero-order valence-corrected chi connectivity index (χ0v) is 29.0. The molecule has 8 rings (SSSR count). The van der Waals surface area contributed by atoms with Crippen molar-refractivity contribution in [1.82, 2.24) is 0 Å². The summed E-state index contributed by atoms with van der Waals surface area (Å²) in [6, 6.07) is 66.0. The third-order valence-corrected chi connectivity index (χ3v) is 10.7. The molecule has 7 aromatic carbocycles. The first-order valence-corrected chi connectivity index (χ1v) is 17.8. The highest BCUT2D eigenvalue weighted by atomic mass is 15.1. The number of nitrogens with zero attached hydrogens (tertiary/aromatic N) is 2. The number of anilines is 6. The summed E-state index contributed by atoms with van der Waals surface area (Å²) in [6.45, 7) is 7.04. The van der Waals surface area contributed by atoms with Crippen LogP contribution in [0, 0.1) is 0 Å². The van der Waals surface area contributed by atoms with Crippen LogP contribution in [-0.2, 0) is 5.41 Å². The van der Waals surface area contributed by atoms with E-state index in [9.17, 15) is 0 Å². The molecule has 0 spiro atoms. The lowest BCUT2D eigenvalue weighted by Gasteiger charge is -2.33. The number of rotatable bonds is 9. The molecule has 0 aliphatic heterocycles. The van der Waals surface area contributed by atoms with Crippen LogP contribution in [0.5, 0.6) is 0 Å². The Bertz CT molecular complexity index is 2170. The van der Waals surface area contributed by atoms with Crippen molar-refractivity contribution in [1.29, 1.82) is 0 Å². The van der Waals surface area contributed by atoms with Crippen LogP contribution in [-0.4, -0.2) is 0 Å². The summed E-state index contributed by atoms with van der Waals surface area (Å²) in [5, 5.41) is 0. The van der Waals surface area contributed by atoms with Gasteiger partial charge in [-0.2, -0.15) is 0 Å². The summed E-state index contributed by atoms with van der Waals surface area (Å²) in [4.78, 5) is 4.76. The van der Waals surface area contributed by atoms with Crippen molar-refractivity contribution in [3.05, 3.63) is 204 Å². The van der Waals surface area contributed by atoms with Gasteiger partial charge in [-0.25, -0.2) is 0 Å². The van der Waals surface area contributed by atoms with Crippen LogP contribution in [0.4, 0.5) is 34.1 Å². The molecule has 244 valence electrons. The normalized spacial score (nSPS) is 15.2. The second-order valence-electron chi connectivity index (χ2n) is 13.5. The maximum absolute atomic E-state index is 2.45. The fourth-order valence-electron chi connectivity index (χ4n) is 7.85. The van der Waals surface area contributed by atoms with Gasteiger partial charge in [0, 0.05) is 39.8 Å². The maximum Gasteiger partial charge on any atom is 0.0508 e. The van der Waals surface area contributed by atoms with E-state index in [0.29, 0.717) is 0 Å². The first-order valence-electron chi connectivity index (χ1n) is 17.8. The second-order valence-corrected chi connectivity index (χ2v) is 13.5. The molecular weight excluding hydrogens is 605 g/mol. The molecule has 1 aliphatic carbocycles. The van der Waals surface area contributed by atoms with Gasteiger partial charge in [0.25, 0.3) is 0 Å².